The van der Waals surface area contributed by atoms with Crippen LogP contribution in [0.3, 0.4) is 0 Å². The maximum Gasteiger partial charge on any atom is 0.402 e. The Kier molecular flexibility index (Phi) is 25.3. The number of hydrogen-bond donors (Lipinski definition) is 0. The molecule has 0 saturated carbocycles. The molecule has 22 aromatic rings. The van der Waals surface area contributed by atoms with E-state index in [0.29, 0.717) is 44.8 Å². The molecule has 728 valence electrons. The van der Waals surface area contributed by atoms with Gasteiger partial charge in [-0.15, -0.1) is 0 Å². The van der Waals surface area contributed by atoms with Crippen molar-refractivity contribution in [2.24, 2.45) is 0 Å². The second kappa shape index (κ2) is 38.8. The number of rotatable bonds is 22. The zero-order valence-corrected chi connectivity index (χ0v) is 80.0. The Morgan fingerprint density at radius 3 is 0.500 bits per heavy atom. The summed E-state index contributed by atoms with van der Waals surface area (Å²) >= 11 is 0. The van der Waals surface area contributed by atoms with Crippen molar-refractivity contribution in [2.45, 2.75) is 74.1 Å². The number of nitrogens with zero attached hydrogens (tertiary/aromatic N) is 10. The van der Waals surface area contributed by atoms with Gasteiger partial charge in [-0.25, -0.2) is 29.9 Å². The van der Waals surface area contributed by atoms with Gasteiger partial charge in [0.2, 0.25) is 0 Å². The van der Waals surface area contributed by atoms with Gasteiger partial charge in [-0.2, -0.15) is 52.7 Å². The first-order valence-corrected chi connectivity index (χ1v) is 48.0. The number of halogens is 12. The van der Waals surface area contributed by atoms with E-state index < -0.39 is 46.4 Å². The number of aromatic nitrogens is 8. The molecule has 0 saturated heterocycles. The van der Waals surface area contributed by atoms with Gasteiger partial charge in [-0.05, 0) is 194 Å². The molecule has 4 heterocycles. The highest BCUT2D eigenvalue weighted by atomic mass is 19.4. The highest BCUT2D eigenvalue weighted by molar-refractivity contribution is 6.10. The first-order valence-electron chi connectivity index (χ1n) is 48.0. The van der Waals surface area contributed by atoms with Crippen LogP contribution in [0.1, 0.15) is 72.2 Å². The fourth-order valence-corrected chi connectivity index (χ4v) is 19.9. The molecule has 10 nitrogen and oxygen atoms in total. The lowest BCUT2D eigenvalue weighted by molar-refractivity contribution is -0.173. The van der Waals surface area contributed by atoms with Crippen molar-refractivity contribution in [2.75, 3.05) is 9.80 Å². The maximum atomic E-state index is 15.5. The molecule has 0 bridgehead atoms. The number of anilines is 6. The predicted octanol–water partition coefficient (Wildman–Crippen LogP) is 34.4. The molecule has 0 N–H and O–H groups in total. The molecule has 0 fully saturated rings. The average molecular weight is 1970 g/mol. The van der Waals surface area contributed by atoms with Crippen molar-refractivity contribution in [1.82, 2.24) is 39.0 Å². The maximum absolute atomic E-state index is 15.5. The van der Waals surface area contributed by atoms with E-state index in [0.717, 1.165) is 77.7 Å². The van der Waals surface area contributed by atoms with Crippen molar-refractivity contribution in [3.05, 3.63) is 518 Å². The van der Waals surface area contributed by atoms with E-state index in [-0.39, 0.29) is 79.5 Å². The van der Waals surface area contributed by atoms with Crippen molar-refractivity contribution < 1.29 is 52.7 Å². The smallest absolute Gasteiger partial charge is 0.311 e. The lowest BCUT2D eigenvalue weighted by Crippen LogP contribution is -2.40. The van der Waals surface area contributed by atoms with Gasteiger partial charge in [-0.1, -0.05) is 352 Å². The summed E-state index contributed by atoms with van der Waals surface area (Å²) in [5, 5.41) is 4.19. The molecular weight excluding hydrogens is 1880 g/mol. The lowest BCUT2D eigenvalue weighted by atomic mass is 9.75. The monoisotopic (exact) mass is 1970 g/mol. The molecule has 0 radical (unpaired) electrons. The SMILES string of the molecule is CC(c1ccc(-c2nc(-c3ccccc3)nc(-c3ccc(C(C)(c4ccc(-n5c6ccccc6c6ccccc65)cc4)C(F)(F)F)cc3)n2)cc1)(c1ccc(-n2c3ccccc3c3ccccc32)cc1)C(F)(F)F.CC(c1ccc(-c2nc(-c3ccccc3)nc(-c3ccc(C(C)(c4ccc(N(c5ccccc5)c5ccccc5)cc4)C(F)(F)F)cc3)n2)cc1)(c1ccc(N(c2ccccc2)c2ccccc2)cc1)C(F)(F)F. The van der Waals surface area contributed by atoms with Crippen LogP contribution < -0.4 is 9.80 Å². The van der Waals surface area contributed by atoms with Crippen LogP contribution in [0, 0.1) is 0 Å². The van der Waals surface area contributed by atoms with Crippen LogP contribution in [0.25, 0.3) is 123 Å². The minimum Gasteiger partial charge on any atom is -0.311 e. The van der Waals surface area contributed by atoms with E-state index in [1.807, 2.05) is 289 Å². The summed E-state index contributed by atoms with van der Waals surface area (Å²) in [7, 11) is 0. The van der Waals surface area contributed by atoms with Crippen LogP contribution >= 0.6 is 0 Å². The number of alkyl halides is 12. The summed E-state index contributed by atoms with van der Waals surface area (Å²) < 4.78 is 190. The van der Waals surface area contributed by atoms with Crippen molar-refractivity contribution in [3.63, 3.8) is 0 Å². The predicted molar refractivity (Wildman–Crippen MR) is 566 cm³/mol. The molecule has 22 heteroatoms. The Labute approximate surface area is 845 Å². The van der Waals surface area contributed by atoms with Crippen LogP contribution in [0.2, 0.25) is 0 Å². The molecule has 0 amide bonds. The summed E-state index contributed by atoms with van der Waals surface area (Å²) in [6.45, 7) is 4.71. The third-order valence-corrected chi connectivity index (χ3v) is 28.5. The molecule has 4 aromatic heterocycles. The number of benzene rings is 18. The molecule has 0 aliphatic heterocycles. The summed E-state index contributed by atoms with van der Waals surface area (Å²) in [5.74, 6) is 1.26. The van der Waals surface area contributed by atoms with E-state index >= 15 is 52.7 Å². The molecular formula is C126H90F12N10. The zero-order valence-electron chi connectivity index (χ0n) is 80.0. The fraction of sp³-hybridized carbons (Fsp3) is 0.0952. The number of para-hydroxylation sites is 8. The second-order valence-electron chi connectivity index (χ2n) is 37.1. The van der Waals surface area contributed by atoms with E-state index in [1.54, 1.807) is 97.1 Å². The average Bonchev–Trinajstić information content (AvgIpc) is 1.68. The van der Waals surface area contributed by atoms with E-state index in [4.69, 9.17) is 29.9 Å². The zero-order chi connectivity index (χ0) is 102. The van der Waals surface area contributed by atoms with E-state index in [2.05, 4.69) is 9.13 Å². The highest BCUT2D eigenvalue weighted by Gasteiger charge is 2.57. The third-order valence-electron chi connectivity index (χ3n) is 28.5. The third kappa shape index (κ3) is 17.8. The van der Waals surface area contributed by atoms with Crippen LogP contribution in [0.4, 0.5) is 86.8 Å². The van der Waals surface area contributed by atoms with Crippen LogP contribution in [0.5, 0.6) is 0 Å². The Morgan fingerprint density at radius 1 is 0.162 bits per heavy atom. The highest BCUT2D eigenvalue weighted by Crippen LogP contribution is 2.54. The summed E-state index contributed by atoms with van der Waals surface area (Å²) in [5.41, 5.74) is 3.68. The largest absolute Gasteiger partial charge is 0.402 e. The standard InChI is InChI=1S/C63H43F6N5.C63H47F6N5/c1-60(62(64,65)66,45-32-36-47(37-33-45)73-53-20-10-6-16-49(53)50-17-7-11-21-54(50)73)43-28-24-41(25-29-43)58-70-57(40-14-4-3-5-15-40)71-59(72-58)42-26-30-44(31-27-42)61(2,63(67,68)69)46-34-38-48(39-35-46)74-55-22-12-8-18-51(55)52-19-9-13-23-56(52)74;1-60(62(64,65)66,49-36-40-55(41-37-49)73(51-20-10-4-11-21-51)52-22-12-5-13-23-52)47-32-28-45(29-33-47)58-70-57(44-18-8-3-9-19-44)71-59(72-58)46-30-34-48(35-31-46)61(2,63(67,68)69)50-38-42-56(43-39-50)74(53-24-14-6-15-25-53)54-26-16-7-17-27-54/h3-39H,1-2H3;3-43H,1-2H3. The Balaban J connectivity index is 0.000000173. The molecule has 18 aromatic carbocycles. The quantitative estimate of drug-likeness (QED) is 0.0620. The molecule has 4 atom stereocenters. The van der Waals surface area contributed by atoms with Gasteiger partial charge in [0, 0.05) is 100 Å². The van der Waals surface area contributed by atoms with Gasteiger partial charge >= 0.3 is 24.7 Å². The van der Waals surface area contributed by atoms with Crippen molar-refractivity contribution in [1.29, 1.82) is 0 Å². The first kappa shape index (κ1) is 96.5. The minimum absolute atomic E-state index is 0.00435. The molecule has 0 aliphatic carbocycles. The van der Waals surface area contributed by atoms with Gasteiger partial charge in [0.25, 0.3) is 0 Å². The molecule has 0 spiro atoms. The van der Waals surface area contributed by atoms with Crippen molar-refractivity contribution >= 4 is 77.7 Å². The minimum atomic E-state index is -4.70. The number of fused-ring (bicyclic) bond motifs is 6. The molecule has 0 aliphatic rings. The Bertz CT molecular complexity index is 7860. The molecule has 148 heavy (non-hydrogen) atoms. The fourth-order valence-electron chi connectivity index (χ4n) is 19.9. The Hall–Kier alpha value is -17.7. The van der Waals surface area contributed by atoms with E-state index in [1.165, 1.54) is 125 Å². The van der Waals surface area contributed by atoms with E-state index in [9.17, 15) is 0 Å². The normalized spacial score (nSPS) is 13.6. The molecule has 4 unspecified atom stereocenters. The van der Waals surface area contributed by atoms with Gasteiger partial charge in [-0.3, -0.25) is 0 Å². The summed E-state index contributed by atoms with van der Waals surface area (Å²) in [6.07, 6.45) is -18.8. The van der Waals surface area contributed by atoms with Crippen molar-refractivity contribution in [3.8, 4) is 79.7 Å². The van der Waals surface area contributed by atoms with Gasteiger partial charge in [0.05, 0.1) is 22.1 Å². The van der Waals surface area contributed by atoms with Crippen LogP contribution in [0.15, 0.2) is 473 Å². The summed E-state index contributed by atoms with van der Waals surface area (Å²) in [6, 6.07) is 138. The van der Waals surface area contributed by atoms with Crippen LogP contribution in [-0.4, -0.2) is 63.7 Å². The topological polar surface area (TPSA) is 93.7 Å². The number of hydrogen-bond acceptors (Lipinski definition) is 8. The van der Waals surface area contributed by atoms with Gasteiger partial charge in [0.15, 0.2) is 34.9 Å². The van der Waals surface area contributed by atoms with Gasteiger partial charge in [0.1, 0.15) is 21.7 Å². The van der Waals surface area contributed by atoms with Gasteiger partial charge < -0.3 is 18.9 Å². The Morgan fingerprint density at radius 2 is 0.311 bits per heavy atom. The molecule has 22 rings (SSSR count). The lowest BCUT2D eigenvalue weighted by Gasteiger charge is -2.34. The summed E-state index contributed by atoms with van der Waals surface area (Å²) in [4.78, 5) is 32.6. The first-order chi connectivity index (χ1) is 71.4. The second-order valence-corrected chi connectivity index (χ2v) is 37.1. The van der Waals surface area contributed by atoms with Crippen LogP contribution in [-0.2, 0) is 21.7 Å².